The molecule has 0 aliphatic rings. The van der Waals surface area contributed by atoms with Crippen molar-refractivity contribution in [3.8, 4) is 5.75 Å². The molecule has 0 spiro atoms. The van der Waals surface area contributed by atoms with Crippen LogP contribution in [0.5, 0.6) is 5.75 Å². The van der Waals surface area contributed by atoms with Gasteiger partial charge in [0.15, 0.2) is 0 Å². The second kappa shape index (κ2) is 7.67. The molecule has 0 radical (unpaired) electrons. The third kappa shape index (κ3) is 4.07. The number of benzene rings is 2. The average molecular weight is 387 g/mol. The van der Waals surface area contributed by atoms with E-state index >= 15 is 0 Å². The molecule has 1 N–H and O–H groups in total. The van der Waals surface area contributed by atoms with Crippen LogP contribution in [0.4, 0.5) is 0 Å². The van der Waals surface area contributed by atoms with E-state index in [1.165, 1.54) is 0 Å². The van der Waals surface area contributed by atoms with Gasteiger partial charge < -0.3 is 5.11 Å². The van der Waals surface area contributed by atoms with Crippen LogP contribution in [-0.4, -0.2) is 5.11 Å². The maximum absolute atomic E-state index is 9.23. The Bertz CT molecular complexity index is 437. The summed E-state index contributed by atoms with van der Waals surface area (Å²) in [6.45, 7) is 0. The summed E-state index contributed by atoms with van der Waals surface area (Å²) in [4.78, 5) is 0. The van der Waals surface area contributed by atoms with Gasteiger partial charge in [0.05, 0.1) is 0 Å². The molecule has 1 nitrogen and oxygen atoms in total. The largest absolute Gasteiger partial charge is 0.508 e. The predicted octanol–water partition coefficient (Wildman–Crippen LogP) is 4.15. The first-order chi connectivity index (χ1) is 5.77. The minimum Gasteiger partial charge on any atom is -0.508 e. The van der Waals surface area contributed by atoms with Crippen LogP contribution in [0.2, 0.25) is 0 Å². The van der Waals surface area contributed by atoms with Gasteiger partial charge in [-0.05, 0) is 29.0 Å². The molecule has 0 saturated heterocycles. The summed E-state index contributed by atoms with van der Waals surface area (Å²) in [6, 6.07) is 11.3. The minimum absolute atomic E-state index is 0. The van der Waals surface area contributed by atoms with Crippen molar-refractivity contribution in [3.63, 3.8) is 0 Å². The first-order valence-electron chi connectivity index (χ1n) is 3.64. The molecule has 0 atom stereocenters. The van der Waals surface area contributed by atoms with E-state index in [-0.39, 0.29) is 51.0 Å². The Kier molecular flexibility index (Phi) is 9.12. The van der Waals surface area contributed by atoms with Crippen molar-refractivity contribution < 1.29 is 31.3 Å². The summed E-state index contributed by atoms with van der Waals surface area (Å²) >= 11 is 3.42. The van der Waals surface area contributed by atoms with E-state index in [0.29, 0.717) is 5.75 Å². The smallest absolute Gasteiger partial charge is 0.116 e. The normalized spacial score (nSPS) is 8.33. The monoisotopic (exact) mass is 384 g/mol. The van der Waals surface area contributed by atoms with Crippen molar-refractivity contribution in [2.45, 2.75) is 0 Å². The molecular weight excluding hydrogens is 378 g/mol. The molecule has 0 amide bonds. The van der Waals surface area contributed by atoms with Crippen molar-refractivity contribution in [2.24, 2.45) is 0 Å². The van der Waals surface area contributed by atoms with Crippen LogP contribution in [0.15, 0.2) is 40.9 Å². The average Bonchev–Trinajstić information content (AvgIpc) is 2.07. The molecule has 0 aromatic heterocycles. The Balaban J connectivity index is 0. The Morgan fingerprint density at radius 2 is 1.67 bits per heavy atom. The van der Waals surface area contributed by atoms with Gasteiger partial charge in [-0.1, -0.05) is 34.1 Å². The van der Waals surface area contributed by atoms with Gasteiger partial charge in [0.25, 0.3) is 0 Å². The number of phenols is 1. The van der Waals surface area contributed by atoms with Gasteiger partial charge in [-0.15, -0.1) is 24.8 Å². The van der Waals surface area contributed by atoms with Crippen molar-refractivity contribution in [3.05, 3.63) is 40.9 Å². The number of aromatic hydroxyl groups is 1. The van der Waals surface area contributed by atoms with Crippen LogP contribution in [0.25, 0.3) is 10.8 Å². The number of rotatable bonds is 0. The van der Waals surface area contributed by atoms with Crippen molar-refractivity contribution in [2.75, 3.05) is 0 Å². The maximum atomic E-state index is 9.23. The van der Waals surface area contributed by atoms with Crippen LogP contribution < -0.4 is 0 Å². The minimum atomic E-state index is 0. The Morgan fingerprint density at radius 3 is 2.33 bits per heavy atom. The fourth-order valence-electron chi connectivity index (χ4n) is 1.22. The Morgan fingerprint density at radius 1 is 1.00 bits per heavy atom. The van der Waals surface area contributed by atoms with Gasteiger partial charge in [-0.25, -0.2) is 0 Å². The molecule has 2 aromatic carbocycles. The molecule has 5 heteroatoms. The SMILES string of the molecule is Cl.Cl.Oc1ccc2cccc(Br)c2c1.[Zr]. The number of phenolic OH excluding ortho intramolecular Hbond substituents is 1. The molecular formula is C10H9BrCl2OZr. The summed E-state index contributed by atoms with van der Waals surface area (Å²) in [5, 5.41) is 11.4. The summed E-state index contributed by atoms with van der Waals surface area (Å²) in [5.41, 5.74) is 0. The fourth-order valence-corrected chi connectivity index (χ4v) is 1.72. The zero-order valence-electron chi connectivity index (χ0n) is 7.61. The summed E-state index contributed by atoms with van der Waals surface area (Å²) < 4.78 is 1.01. The Hall–Kier alpha value is 0.443. The van der Waals surface area contributed by atoms with E-state index in [0.717, 1.165) is 15.2 Å². The predicted molar refractivity (Wildman–Crippen MR) is 67.8 cm³/mol. The molecule has 0 aliphatic carbocycles. The van der Waals surface area contributed by atoms with E-state index in [1.54, 1.807) is 12.1 Å². The molecule has 2 aromatic rings. The second-order valence-electron chi connectivity index (χ2n) is 2.65. The van der Waals surface area contributed by atoms with Crippen LogP contribution in [0.3, 0.4) is 0 Å². The van der Waals surface area contributed by atoms with E-state index in [9.17, 15) is 5.11 Å². The van der Waals surface area contributed by atoms with Crippen molar-refractivity contribution >= 4 is 51.5 Å². The molecule has 0 saturated carbocycles. The zero-order valence-corrected chi connectivity index (χ0v) is 13.3. The van der Waals surface area contributed by atoms with Gasteiger partial charge in [-0.3, -0.25) is 0 Å². The summed E-state index contributed by atoms with van der Waals surface area (Å²) in [7, 11) is 0. The maximum Gasteiger partial charge on any atom is 0.116 e. The van der Waals surface area contributed by atoms with Crippen molar-refractivity contribution in [1.82, 2.24) is 0 Å². The topological polar surface area (TPSA) is 20.2 Å². The molecule has 0 heterocycles. The van der Waals surface area contributed by atoms with E-state index in [2.05, 4.69) is 15.9 Å². The van der Waals surface area contributed by atoms with Crippen LogP contribution in [0, 0.1) is 0 Å². The quantitative estimate of drug-likeness (QED) is 0.720. The number of halogens is 3. The molecule has 0 aliphatic heterocycles. The van der Waals surface area contributed by atoms with Crippen molar-refractivity contribution in [1.29, 1.82) is 0 Å². The first kappa shape index (κ1) is 17.8. The van der Waals surface area contributed by atoms with E-state index in [1.807, 2.05) is 24.3 Å². The number of hydrogen-bond donors (Lipinski definition) is 1. The second-order valence-corrected chi connectivity index (χ2v) is 3.50. The fraction of sp³-hybridized carbons (Fsp3) is 0. The van der Waals surface area contributed by atoms with Gasteiger partial charge in [-0.2, -0.15) is 0 Å². The van der Waals surface area contributed by atoms with Gasteiger partial charge >= 0.3 is 0 Å². The molecule has 2 rings (SSSR count). The first-order valence-corrected chi connectivity index (χ1v) is 4.44. The van der Waals surface area contributed by atoms with E-state index < -0.39 is 0 Å². The zero-order chi connectivity index (χ0) is 8.55. The van der Waals surface area contributed by atoms with Gasteiger partial charge in [0, 0.05) is 30.7 Å². The van der Waals surface area contributed by atoms with Gasteiger partial charge in [0.1, 0.15) is 5.75 Å². The number of hydrogen-bond acceptors (Lipinski definition) is 1. The van der Waals surface area contributed by atoms with E-state index in [4.69, 9.17) is 0 Å². The van der Waals surface area contributed by atoms with Gasteiger partial charge in [0.2, 0.25) is 0 Å². The molecule has 15 heavy (non-hydrogen) atoms. The molecule has 0 fully saturated rings. The Labute approximate surface area is 128 Å². The summed E-state index contributed by atoms with van der Waals surface area (Å²) in [5.74, 6) is 0.300. The number of fused-ring (bicyclic) bond motifs is 1. The van der Waals surface area contributed by atoms with Crippen LogP contribution >= 0.6 is 40.7 Å². The standard InChI is InChI=1S/C10H7BrO.2ClH.Zr/c11-10-3-1-2-7-4-5-8(12)6-9(7)10;;;/h1-6,12H;2*1H;. The molecule has 0 unspecified atom stereocenters. The third-order valence-electron chi connectivity index (χ3n) is 1.81. The van der Waals surface area contributed by atoms with Crippen LogP contribution in [-0.2, 0) is 26.2 Å². The third-order valence-corrected chi connectivity index (χ3v) is 2.50. The van der Waals surface area contributed by atoms with Crippen LogP contribution in [0.1, 0.15) is 0 Å². The summed E-state index contributed by atoms with van der Waals surface area (Å²) in [6.07, 6.45) is 0. The molecule has 0 bridgehead atoms. The molecule has 80 valence electrons.